The average molecular weight is 247 g/mol. The number of nitrogen functional groups attached to an aromatic ring is 1. The molecule has 0 unspecified atom stereocenters. The second-order valence-electron chi connectivity index (χ2n) is 3.50. The van der Waals surface area contributed by atoms with Crippen LogP contribution in [-0.4, -0.2) is 17.1 Å². The molecule has 0 atom stereocenters. The topological polar surface area (TPSA) is 70.9 Å². The Morgan fingerprint density at radius 2 is 2.18 bits per heavy atom. The molecule has 0 aliphatic rings. The van der Waals surface area contributed by atoms with Gasteiger partial charge in [0.25, 0.3) is 5.91 Å². The van der Waals surface area contributed by atoms with E-state index in [0.29, 0.717) is 11.4 Å². The minimum atomic E-state index is -0.191. The third-order valence-corrected chi connectivity index (χ3v) is 3.10. The summed E-state index contributed by atoms with van der Waals surface area (Å²) in [4.78, 5) is 15.7. The molecule has 0 bridgehead atoms. The van der Waals surface area contributed by atoms with E-state index in [1.54, 1.807) is 24.0 Å². The van der Waals surface area contributed by atoms with Crippen molar-refractivity contribution in [2.75, 3.05) is 17.3 Å². The molecular formula is C12H13N3OS. The number of aromatic nitrogens is 1. The number of nitrogens with one attached hydrogen (secondary N) is 2. The number of carbonyl (C=O) groups excluding carboxylic acids is 1. The SMILES string of the molecule is CSc1ccccc1NC(=O)c1cc(N)c[nH]1. The average Bonchev–Trinajstić information content (AvgIpc) is 2.77. The number of nitrogens with two attached hydrogens (primary N) is 1. The molecule has 0 saturated heterocycles. The lowest BCUT2D eigenvalue weighted by Crippen LogP contribution is -2.12. The largest absolute Gasteiger partial charge is 0.397 e. The third-order valence-electron chi connectivity index (χ3n) is 2.31. The van der Waals surface area contributed by atoms with Crippen LogP contribution >= 0.6 is 11.8 Å². The van der Waals surface area contributed by atoms with Crippen LogP contribution in [0.3, 0.4) is 0 Å². The molecule has 1 aromatic heterocycles. The summed E-state index contributed by atoms with van der Waals surface area (Å²) in [5, 5.41) is 2.84. The van der Waals surface area contributed by atoms with Crippen molar-refractivity contribution in [3.05, 3.63) is 42.2 Å². The van der Waals surface area contributed by atoms with Crippen LogP contribution in [0.2, 0.25) is 0 Å². The molecule has 5 heteroatoms. The van der Waals surface area contributed by atoms with Crippen molar-refractivity contribution in [3.8, 4) is 0 Å². The third kappa shape index (κ3) is 2.62. The van der Waals surface area contributed by atoms with Gasteiger partial charge < -0.3 is 16.0 Å². The van der Waals surface area contributed by atoms with Crippen LogP contribution in [0, 0.1) is 0 Å². The van der Waals surface area contributed by atoms with E-state index in [1.807, 2.05) is 30.5 Å². The molecule has 1 aromatic carbocycles. The molecule has 4 nitrogen and oxygen atoms in total. The monoisotopic (exact) mass is 247 g/mol. The van der Waals surface area contributed by atoms with E-state index in [9.17, 15) is 4.79 Å². The molecule has 2 aromatic rings. The highest BCUT2D eigenvalue weighted by Gasteiger charge is 2.09. The maximum absolute atomic E-state index is 11.9. The van der Waals surface area contributed by atoms with Crippen LogP contribution in [-0.2, 0) is 0 Å². The first-order valence-electron chi connectivity index (χ1n) is 5.09. The lowest BCUT2D eigenvalue weighted by molar-refractivity contribution is 0.102. The van der Waals surface area contributed by atoms with Crippen LogP contribution in [0.1, 0.15) is 10.5 Å². The quantitative estimate of drug-likeness (QED) is 0.730. The summed E-state index contributed by atoms with van der Waals surface area (Å²) in [6.45, 7) is 0. The van der Waals surface area contributed by atoms with E-state index < -0.39 is 0 Å². The number of hydrogen-bond donors (Lipinski definition) is 3. The summed E-state index contributed by atoms with van der Waals surface area (Å²) < 4.78 is 0. The highest BCUT2D eigenvalue weighted by molar-refractivity contribution is 7.98. The molecule has 0 aliphatic carbocycles. The van der Waals surface area contributed by atoms with E-state index in [2.05, 4.69) is 10.3 Å². The van der Waals surface area contributed by atoms with E-state index in [1.165, 1.54) is 0 Å². The number of rotatable bonds is 3. The standard InChI is InChI=1S/C12H13N3OS/c1-17-11-5-3-2-4-9(11)15-12(16)10-6-8(13)7-14-10/h2-7,14H,13H2,1H3,(H,15,16). The number of H-pyrrole nitrogens is 1. The summed E-state index contributed by atoms with van der Waals surface area (Å²) in [6, 6.07) is 9.27. The van der Waals surface area contributed by atoms with Crippen molar-refractivity contribution >= 4 is 29.0 Å². The summed E-state index contributed by atoms with van der Waals surface area (Å²) >= 11 is 1.59. The predicted molar refractivity (Wildman–Crippen MR) is 71.4 cm³/mol. The molecule has 0 aliphatic heterocycles. The first-order chi connectivity index (χ1) is 8.20. The molecule has 88 valence electrons. The van der Waals surface area contributed by atoms with Crippen molar-refractivity contribution < 1.29 is 4.79 Å². The Labute approximate surface area is 104 Å². The van der Waals surface area contributed by atoms with Gasteiger partial charge in [0.05, 0.1) is 5.69 Å². The van der Waals surface area contributed by atoms with Crippen LogP contribution in [0.15, 0.2) is 41.4 Å². The lowest BCUT2D eigenvalue weighted by Gasteiger charge is -2.07. The first-order valence-corrected chi connectivity index (χ1v) is 6.31. The molecule has 0 saturated carbocycles. The Kier molecular flexibility index (Phi) is 3.39. The molecule has 0 fully saturated rings. The minimum Gasteiger partial charge on any atom is -0.397 e. The van der Waals surface area contributed by atoms with E-state index >= 15 is 0 Å². The molecule has 1 heterocycles. The summed E-state index contributed by atoms with van der Waals surface area (Å²) in [7, 11) is 0. The lowest BCUT2D eigenvalue weighted by atomic mass is 10.3. The molecular weight excluding hydrogens is 234 g/mol. The van der Waals surface area contributed by atoms with Crippen molar-refractivity contribution in [3.63, 3.8) is 0 Å². The van der Waals surface area contributed by atoms with Gasteiger partial charge in [-0.15, -0.1) is 11.8 Å². The van der Waals surface area contributed by atoms with Gasteiger partial charge in [0.15, 0.2) is 0 Å². The molecule has 0 radical (unpaired) electrons. The van der Waals surface area contributed by atoms with Crippen LogP contribution in [0.4, 0.5) is 11.4 Å². The number of anilines is 2. The fourth-order valence-electron chi connectivity index (χ4n) is 1.48. The summed E-state index contributed by atoms with van der Waals surface area (Å²) in [6.07, 6.45) is 3.56. The normalized spacial score (nSPS) is 10.2. The Morgan fingerprint density at radius 3 is 2.82 bits per heavy atom. The maximum Gasteiger partial charge on any atom is 0.272 e. The summed E-state index contributed by atoms with van der Waals surface area (Å²) in [5.41, 5.74) is 7.36. The highest BCUT2D eigenvalue weighted by Crippen LogP contribution is 2.25. The molecule has 17 heavy (non-hydrogen) atoms. The van der Waals surface area contributed by atoms with Crippen molar-refractivity contribution in [1.29, 1.82) is 0 Å². The van der Waals surface area contributed by atoms with Gasteiger partial charge in [0.1, 0.15) is 5.69 Å². The second-order valence-corrected chi connectivity index (χ2v) is 4.35. The van der Waals surface area contributed by atoms with Gasteiger partial charge >= 0.3 is 0 Å². The zero-order valence-electron chi connectivity index (χ0n) is 9.36. The summed E-state index contributed by atoms with van der Waals surface area (Å²) in [5.74, 6) is -0.191. The predicted octanol–water partition coefficient (Wildman–Crippen LogP) is 2.57. The second kappa shape index (κ2) is 4.97. The maximum atomic E-state index is 11.9. The number of aromatic amines is 1. The number of carbonyl (C=O) groups is 1. The van der Waals surface area contributed by atoms with Gasteiger partial charge in [0, 0.05) is 16.8 Å². The van der Waals surface area contributed by atoms with Crippen LogP contribution in [0.25, 0.3) is 0 Å². The number of amides is 1. The van der Waals surface area contributed by atoms with Crippen LogP contribution < -0.4 is 11.1 Å². The van der Waals surface area contributed by atoms with Gasteiger partial charge in [-0.2, -0.15) is 0 Å². The fourth-order valence-corrected chi connectivity index (χ4v) is 2.03. The highest BCUT2D eigenvalue weighted by atomic mass is 32.2. The molecule has 1 amide bonds. The Bertz CT molecular complexity index is 536. The number of benzene rings is 1. The Morgan fingerprint density at radius 1 is 1.41 bits per heavy atom. The number of thioether (sulfide) groups is 1. The zero-order valence-corrected chi connectivity index (χ0v) is 10.2. The van der Waals surface area contributed by atoms with Crippen molar-refractivity contribution in [2.45, 2.75) is 4.90 Å². The first kappa shape index (κ1) is 11.6. The van der Waals surface area contributed by atoms with Gasteiger partial charge in [-0.25, -0.2) is 0 Å². The van der Waals surface area contributed by atoms with Gasteiger partial charge in [-0.3, -0.25) is 4.79 Å². The van der Waals surface area contributed by atoms with Gasteiger partial charge in [-0.05, 0) is 24.5 Å². The van der Waals surface area contributed by atoms with Gasteiger partial charge in [0.2, 0.25) is 0 Å². The minimum absolute atomic E-state index is 0.191. The fraction of sp³-hybridized carbons (Fsp3) is 0.0833. The molecule has 2 rings (SSSR count). The Hall–Kier alpha value is -1.88. The number of para-hydroxylation sites is 1. The Balaban J connectivity index is 2.18. The zero-order chi connectivity index (χ0) is 12.3. The van der Waals surface area contributed by atoms with Crippen LogP contribution in [0.5, 0.6) is 0 Å². The van der Waals surface area contributed by atoms with E-state index in [-0.39, 0.29) is 5.91 Å². The van der Waals surface area contributed by atoms with Gasteiger partial charge in [-0.1, -0.05) is 12.1 Å². The van der Waals surface area contributed by atoms with Crippen molar-refractivity contribution in [1.82, 2.24) is 4.98 Å². The molecule has 0 spiro atoms. The number of hydrogen-bond acceptors (Lipinski definition) is 3. The van der Waals surface area contributed by atoms with E-state index in [0.717, 1.165) is 10.6 Å². The van der Waals surface area contributed by atoms with Crippen molar-refractivity contribution in [2.24, 2.45) is 0 Å². The smallest absolute Gasteiger partial charge is 0.272 e. The molecule has 4 N–H and O–H groups in total. The van der Waals surface area contributed by atoms with E-state index in [4.69, 9.17) is 5.73 Å².